The molecule has 0 aromatic heterocycles. The Bertz CT molecular complexity index is 1250. The van der Waals surface area contributed by atoms with E-state index in [2.05, 4.69) is 14.9 Å². The summed E-state index contributed by atoms with van der Waals surface area (Å²) in [7, 11) is -3.94. The number of rotatable bonds is 8. The van der Waals surface area contributed by atoms with Crippen molar-refractivity contribution in [3.05, 3.63) is 90.0 Å². The second-order valence-corrected chi connectivity index (χ2v) is 9.94. The van der Waals surface area contributed by atoms with Crippen LogP contribution in [0.2, 0.25) is 0 Å². The number of carbonyl (C=O) groups is 2. The lowest BCUT2D eigenvalue weighted by Gasteiger charge is -2.25. The number of piperidine rings is 1. The van der Waals surface area contributed by atoms with Gasteiger partial charge in [0.15, 0.2) is 5.78 Å². The van der Waals surface area contributed by atoms with Gasteiger partial charge >= 0.3 is 0 Å². The number of ketones is 1. The molecule has 2 N–H and O–H groups in total. The van der Waals surface area contributed by atoms with Gasteiger partial charge in [-0.15, -0.1) is 0 Å². The minimum absolute atomic E-state index is 0.0310. The third kappa shape index (κ3) is 5.89. The highest BCUT2D eigenvalue weighted by molar-refractivity contribution is 7.92. The van der Waals surface area contributed by atoms with E-state index in [-0.39, 0.29) is 27.8 Å². The largest absolute Gasteiger partial charge is 0.325 e. The SMILES string of the molecule is O=C(CN1CCCCC1)Nc1ccc(S(=O)(=O)Nc2ccccc2C(=O)c2ccccc2)cc1. The second kappa shape index (κ2) is 10.6. The van der Waals surface area contributed by atoms with Crippen LogP contribution in [0, 0.1) is 0 Å². The van der Waals surface area contributed by atoms with E-state index in [0.29, 0.717) is 17.8 Å². The first-order valence-electron chi connectivity index (χ1n) is 11.3. The summed E-state index contributed by atoms with van der Waals surface area (Å²) >= 11 is 0. The molecule has 4 rings (SSSR count). The lowest BCUT2D eigenvalue weighted by Crippen LogP contribution is -2.36. The van der Waals surface area contributed by atoms with Crippen LogP contribution in [0.3, 0.4) is 0 Å². The molecule has 3 aromatic carbocycles. The molecule has 0 bridgehead atoms. The summed E-state index contributed by atoms with van der Waals surface area (Å²) in [5.41, 5.74) is 1.47. The van der Waals surface area contributed by atoms with Gasteiger partial charge in [-0.2, -0.15) is 0 Å². The van der Waals surface area contributed by atoms with Crippen molar-refractivity contribution >= 4 is 33.1 Å². The molecule has 34 heavy (non-hydrogen) atoms. The van der Waals surface area contributed by atoms with Gasteiger partial charge in [-0.05, 0) is 62.3 Å². The van der Waals surface area contributed by atoms with E-state index in [1.807, 2.05) is 6.07 Å². The molecule has 0 radical (unpaired) electrons. The van der Waals surface area contributed by atoms with Crippen LogP contribution >= 0.6 is 0 Å². The van der Waals surface area contributed by atoms with Crippen LogP contribution in [0.15, 0.2) is 83.8 Å². The summed E-state index contributed by atoms with van der Waals surface area (Å²) in [4.78, 5) is 27.4. The average molecular weight is 478 g/mol. The van der Waals surface area contributed by atoms with Crippen molar-refractivity contribution < 1.29 is 18.0 Å². The number of hydrogen-bond donors (Lipinski definition) is 2. The number of nitrogens with one attached hydrogen (secondary N) is 2. The van der Waals surface area contributed by atoms with E-state index in [1.54, 1.807) is 60.7 Å². The number of nitrogens with zero attached hydrogens (tertiary/aromatic N) is 1. The molecule has 1 aliphatic heterocycles. The van der Waals surface area contributed by atoms with Crippen LogP contribution in [-0.2, 0) is 14.8 Å². The van der Waals surface area contributed by atoms with Crippen LogP contribution in [0.4, 0.5) is 11.4 Å². The predicted octanol–water partition coefficient (Wildman–Crippen LogP) is 4.14. The van der Waals surface area contributed by atoms with Crippen molar-refractivity contribution in [2.24, 2.45) is 0 Å². The molecule has 1 heterocycles. The first-order valence-corrected chi connectivity index (χ1v) is 12.7. The number of para-hydroxylation sites is 1. The van der Waals surface area contributed by atoms with Gasteiger partial charge in [0.25, 0.3) is 10.0 Å². The molecular formula is C26H27N3O4S. The average Bonchev–Trinajstić information content (AvgIpc) is 2.85. The maximum atomic E-state index is 13.0. The van der Waals surface area contributed by atoms with E-state index < -0.39 is 10.0 Å². The highest BCUT2D eigenvalue weighted by Crippen LogP contribution is 2.23. The number of benzene rings is 3. The molecule has 0 aliphatic carbocycles. The van der Waals surface area contributed by atoms with E-state index in [0.717, 1.165) is 25.9 Å². The molecule has 0 spiro atoms. The Kier molecular flexibility index (Phi) is 7.40. The number of anilines is 2. The maximum Gasteiger partial charge on any atom is 0.261 e. The highest BCUT2D eigenvalue weighted by Gasteiger charge is 2.20. The molecule has 0 saturated carbocycles. The zero-order valence-corrected chi connectivity index (χ0v) is 19.6. The van der Waals surface area contributed by atoms with Gasteiger partial charge in [-0.3, -0.25) is 19.2 Å². The smallest absolute Gasteiger partial charge is 0.261 e. The summed E-state index contributed by atoms with van der Waals surface area (Å²) in [6, 6.07) is 21.2. The zero-order valence-electron chi connectivity index (χ0n) is 18.7. The Morgan fingerprint density at radius 1 is 0.794 bits per heavy atom. The van der Waals surface area contributed by atoms with Crippen molar-refractivity contribution in [2.45, 2.75) is 24.2 Å². The molecular weight excluding hydrogens is 450 g/mol. The van der Waals surface area contributed by atoms with Crippen LogP contribution in [0.1, 0.15) is 35.2 Å². The lowest BCUT2D eigenvalue weighted by molar-refractivity contribution is -0.117. The maximum absolute atomic E-state index is 13.0. The van der Waals surface area contributed by atoms with Crippen LogP contribution < -0.4 is 10.0 Å². The number of likely N-dealkylation sites (tertiary alicyclic amines) is 1. The van der Waals surface area contributed by atoms with Crippen molar-refractivity contribution in [3.63, 3.8) is 0 Å². The first-order chi connectivity index (χ1) is 16.4. The van der Waals surface area contributed by atoms with Crippen LogP contribution in [0.25, 0.3) is 0 Å². The van der Waals surface area contributed by atoms with E-state index >= 15 is 0 Å². The molecule has 3 aromatic rings. The van der Waals surface area contributed by atoms with E-state index in [4.69, 9.17) is 0 Å². The van der Waals surface area contributed by atoms with Crippen molar-refractivity contribution in [1.82, 2.24) is 4.90 Å². The fourth-order valence-corrected chi connectivity index (χ4v) is 5.04. The number of hydrogen-bond acceptors (Lipinski definition) is 5. The Morgan fingerprint density at radius 3 is 2.15 bits per heavy atom. The number of carbonyl (C=O) groups excluding carboxylic acids is 2. The second-order valence-electron chi connectivity index (χ2n) is 8.26. The standard InChI is InChI=1S/C26H27N3O4S/c30-25(19-29-17-7-2-8-18-29)27-21-13-15-22(16-14-21)34(32,33)28-24-12-6-5-11-23(24)26(31)20-9-3-1-4-10-20/h1,3-6,9-16,28H,2,7-8,17-19H2,(H,27,30). The lowest BCUT2D eigenvalue weighted by atomic mass is 10.0. The van der Waals surface area contributed by atoms with Crippen LogP contribution in [-0.4, -0.2) is 44.6 Å². The van der Waals surface area contributed by atoms with E-state index in [1.165, 1.54) is 18.6 Å². The number of amides is 1. The minimum Gasteiger partial charge on any atom is -0.325 e. The quantitative estimate of drug-likeness (QED) is 0.476. The first kappa shape index (κ1) is 23.7. The Balaban J connectivity index is 1.45. The fraction of sp³-hybridized carbons (Fsp3) is 0.231. The predicted molar refractivity (Wildman–Crippen MR) is 132 cm³/mol. The van der Waals surface area contributed by atoms with Crippen molar-refractivity contribution in [3.8, 4) is 0 Å². The minimum atomic E-state index is -3.94. The summed E-state index contributed by atoms with van der Waals surface area (Å²) in [6.45, 7) is 2.17. The summed E-state index contributed by atoms with van der Waals surface area (Å²) in [5.74, 6) is -0.394. The van der Waals surface area contributed by atoms with E-state index in [9.17, 15) is 18.0 Å². The molecule has 8 heteroatoms. The monoisotopic (exact) mass is 477 g/mol. The van der Waals surface area contributed by atoms with Gasteiger partial charge in [0.05, 0.1) is 17.1 Å². The third-order valence-corrected chi connectivity index (χ3v) is 7.10. The summed E-state index contributed by atoms with van der Waals surface area (Å²) in [6.07, 6.45) is 3.41. The Hall–Kier alpha value is -3.49. The molecule has 1 aliphatic rings. The van der Waals surface area contributed by atoms with Gasteiger partial charge in [-0.25, -0.2) is 8.42 Å². The molecule has 0 unspecified atom stereocenters. The Labute approximate surface area is 199 Å². The molecule has 0 atom stereocenters. The van der Waals surface area contributed by atoms with Crippen LogP contribution in [0.5, 0.6) is 0 Å². The van der Waals surface area contributed by atoms with Gasteiger partial charge in [0, 0.05) is 16.8 Å². The summed E-state index contributed by atoms with van der Waals surface area (Å²) in [5, 5.41) is 2.82. The molecule has 7 nitrogen and oxygen atoms in total. The molecule has 1 amide bonds. The van der Waals surface area contributed by atoms with Gasteiger partial charge in [-0.1, -0.05) is 48.9 Å². The van der Waals surface area contributed by atoms with Crippen molar-refractivity contribution in [2.75, 3.05) is 29.7 Å². The molecule has 1 saturated heterocycles. The number of sulfonamides is 1. The summed E-state index contributed by atoms with van der Waals surface area (Å²) < 4.78 is 28.5. The molecule has 1 fully saturated rings. The van der Waals surface area contributed by atoms with Gasteiger partial charge in [0.1, 0.15) is 0 Å². The highest BCUT2D eigenvalue weighted by atomic mass is 32.2. The normalized spacial score (nSPS) is 14.4. The van der Waals surface area contributed by atoms with Crippen molar-refractivity contribution in [1.29, 1.82) is 0 Å². The molecule has 176 valence electrons. The van der Waals surface area contributed by atoms with Gasteiger partial charge < -0.3 is 5.32 Å². The topological polar surface area (TPSA) is 95.6 Å². The zero-order chi connectivity index (χ0) is 24.0. The fourth-order valence-electron chi connectivity index (χ4n) is 3.96. The Morgan fingerprint density at radius 2 is 1.44 bits per heavy atom. The van der Waals surface area contributed by atoms with Gasteiger partial charge in [0.2, 0.25) is 5.91 Å². The third-order valence-electron chi connectivity index (χ3n) is 5.72.